The van der Waals surface area contributed by atoms with Gasteiger partial charge in [0.2, 0.25) is 0 Å². The third-order valence-corrected chi connectivity index (χ3v) is 13.8. The van der Waals surface area contributed by atoms with E-state index in [-0.39, 0.29) is 35.3 Å². The summed E-state index contributed by atoms with van der Waals surface area (Å²) in [4.78, 5) is 11.3. The minimum absolute atomic E-state index is 0.236. The molecular formula is C47H56BrF3N10O4S. The fourth-order valence-electron chi connectivity index (χ4n) is 8.40. The summed E-state index contributed by atoms with van der Waals surface area (Å²) in [5, 5.41) is 27.0. The summed E-state index contributed by atoms with van der Waals surface area (Å²) in [5.41, 5.74) is 7.25. The first-order valence-electron chi connectivity index (χ1n) is 22.1. The number of carbonyl (C=O) groups excluding carboxylic acids is 1. The number of nitrogens with zero attached hydrogens (tertiary/aromatic N) is 6. The first-order chi connectivity index (χ1) is 31.3. The molecule has 0 radical (unpaired) electrons. The number of aromatic nitrogens is 6. The van der Waals surface area contributed by atoms with E-state index in [1.807, 2.05) is 50.7 Å². The van der Waals surface area contributed by atoms with Crippen LogP contribution in [0, 0.1) is 23.4 Å². The number of benzene rings is 3. The van der Waals surface area contributed by atoms with Crippen LogP contribution in [0.4, 0.5) is 30.2 Å². The van der Waals surface area contributed by atoms with Crippen molar-refractivity contribution in [3.8, 4) is 28.6 Å². The first kappa shape index (κ1) is 47.2. The predicted molar refractivity (Wildman–Crippen MR) is 254 cm³/mol. The topological polar surface area (TPSA) is 168 Å². The second-order valence-electron chi connectivity index (χ2n) is 19.0. The van der Waals surface area contributed by atoms with Crippen LogP contribution in [0.25, 0.3) is 11.4 Å². The fraction of sp³-hybridized carbons (Fsp3) is 0.489. The number of ether oxygens (including phenoxy) is 3. The molecule has 3 aliphatic heterocycles. The van der Waals surface area contributed by atoms with Crippen LogP contribution in [-0.2, 0) is 22.3 Å². The maximum absolute atomic E-state index is 14.5. The van der Waals surface area contributed by atoms with E-state index in [1.54, 1.807) is 33.5 Å². The predicted octanol–water partition coefficient (Wildman–Crippen LogP) is 9.54. The lowest BCUT2D eigenvalue weighted by atomic mass is 9.88. The van der Waals surface area contributed by atoms with Gasteiger partial charge in [-0.3, -0.25) is 13.9 Å². The monoisotopic (exact) mass is 992 g/mol. The maximum atomic E-state index is 14.5. The highest BCUT2D eigenvalue weighted by Crippen LogP contribution is 2.50. The smallest absolute Gasteiger partial charge is 0.163 e. The van der Waals surface area contributed by atoms with E-state index in [0.717, 1.165) is 72.3 Å². The maximum Gasteiger partial charge on any atom is 0.163 e. The highest BCUT2D eigenvalue weighted by atomic mass is 79.9. The number of nitrogens with one attached hydrogen (secondary N) is 3. The summed E-state index contributed by atoms with van der Waals surface area (Å²) in [6.07, 6.45) is 7.15. The van der Waals surface area contributed by atoms with Gasteiger partial charge < -0.3 is 35.9 Å². The lowest BCUT2D eigenvalue weighted by Gasteiger charge is -2.35. The van der Waals surface area contributed by atoms with Gasteiger partial charge in [0, 0.05) is 34.6 Å². The van der Waals surface area contributed by atoms with Crippen molar-refractivity contribution in [3.05, 3.63) is 81.1 Å². The molecule has 0 unspecified atom stereocenters. The van der Waals surface area contributed by atoms with Crippen LogP contribution in [0.3, 0.4) is 0 Å². The molecule has 11 rings (SSSR count). The zero-order chi connectivity index (χ0) is 47.6. The third-order valence-electron chi connectivity index (χ3n) is 12.5. The SMILES string of the molecule is COc1c(Br)cc(F)c2c1-n1c(C3CC3)nnc1C(C)(C)N2.COc1ccc(F)c2c1-n1c(C3CC3)nnc1C(C)(C)N2.COc1ccc(F)c2c1CC(=S)C(C)(C)N2.NCC(=O)C1CC1. The third kappa shape index (κ3) is 8.85. The number of ketones is 1. The van der Waals surface area contributed by atoms with Gasteiger partial charge in [0.15, 0.2) is 17.4 Å². The number of methoxy groups -OCH3 is 3. The van der Waals surface area contributed by atoms with Crippen molar-refractivity contribution < 1.29 is 32.2 Å². The van der Waals surface area contributed by atoms with Gasteiger partial charge >= 0.3 is 0 Å². The zero-order valence-electron chi connectivity index (χ0n) is 38.6. The van der Waals surface area contributed by atoms with Crippen LogP contribution in [0.5, 0.6) is 17.2 Å². The van der Waals surface area contributed by atoms with Crippen LogP contribution in [-0.4, -0.2) is 73.6 Å². The molecule has 0 atom stereocenters. The van der Waals surface area contributed by atoms with Crippen LogP contribution >= 0.6 is 28.1 Å². The number of fused-ring (bicyclic) bond motifs is 7. The Morgan fingerprint density at radius 1 is 0.712 bits per heavy atom. The molecule has 0 amide bonds. The quantitative estimate of drug-likeness (QED) is 0.114. The van der Waals surface area contributed by atoms with Gasteiger partial charge in [-0.25, -0.2) is 13.2 Å². The standard InChI is InChI=1S/C15H16BrFN4O.C15H17FN4O.C12H14FNOS.C5H9NO/c1-15(2)14-20-19-13(7-4-5-7)21(14)11-10(18-15)9(17)6-8(16)12(11)22-3;1-15(2)14-19-18-13(8-4-5-8)20(14)12-10(21-3)7-6-9(16)11(12)17-15;1-12(2)10(16)6-7-9(15-3)5-4-8(13)11(7)14-12;6-3-5(7)4-1-2-4/h6-7,18H,4-5H2,1-3H3;6-8,17H,4-5H2,1-3H3;4-5,14H,6H2,1-3H3;4H,1-3,6H2. The molecule has 19 heteroatoms. The van der Waals surface area contributed by atoms with Crippen molar-refractivity contribution >= 4 is 55.9 Å². The Bertz CT molecular complexity index is 2730. The summed E-state index contributed by atoms with van der Waals surface area (Å²) in [7, 11) is 4.75. The Kier molecular flexibility index (Phi) is 12.7. The second kappa shape index (κ2) is 17.8. The molecule has 5 N–H and O–H groups in total. The number of anilines is 3. The Hall–Kier alpha value is -5.27. The number of Topliss-reactive ketones (excluding diaryl/α,β-unsaturated/α-hetero) is 1. The Morgan fingerprint density at radius 3 is 1.67 bits per heavy atom. The molecule has 5 heterocycles. The Labute approximate surface area is 396 Å². The number of nitrogens with two attached hydrogens (primary N) is 1. The van der Waals surface area contributed by atoms with Gasteiger partial charge in [0.25, 0.3) is 0 Å². The number of carbonyl (C=O) groups is 1. The van der Waals surface area contributed by atoms with Crippen LogP contribution in [0.1, 0.15) is 121 Å². The summed E-state index contributed by atoms with van der Waals surface area (Å²) >= 11 is 8.71. The van der Waals surface area contributed by atoms with Crippen LogP contribution < -0.4 is 35.9 Å². The molecule has 3 saturated carbocycles. The van der Waals surface area contributed by atoms with E-state index in [2.05, 4.69) is 52.3 Å². The molecule has 14 nitrogen and oxygen atoms in total. The average Bonchev–Trinajstić information content (AvgIpc) is 4.20. The lowest BCUT2D eigenvalue weighted by Crippen LogP contribution is -2.44. The second-order valence-corrected chi connectivity index (χ2v) is 20.3. The molecule has 0 saturated heterocycles. The number of hydrogen-bond acceptors (Lipinski definition) is 13. The highest BCUT2D eigenvalue weighted by Gasteiger charge is 2.43. The molecule has 6 aliphatic rings. The van der Waals surface area contributed by atoms with Crippen molar-refractivity contribution in [2.45, 2.75) is 115 Å². The molecular weight excluding hydrogens is 938 g/mol. The molecule has 3 fully saturated rings. The van der Waals surface area contributed by atoms with Gasteiger partial charge in [-0.1, -0.05) is 12.2 Å². The number of hydrogen-bond donors (Lipinski definition) is 4. The summed E-state index contributed by atoms with van der Waals surface area (Å²) in [6, 6.07) is 7.54. The van der Waals surface area contributed by atoms with Gasteiger partial charge in [-0.15, -0.1) is 20.4 Å². The fourth-order valence-corrected chi connectivity index (χ4v) is 9.14. The van der Waals surface area contributed by atoms with Crippen molar-refractivity contribution in [2.75, 3.05) is 43.8 Å². The Balaban J connectivity index is 0.000000127. The summed E-state index contributed by atoms with van der Waals surface area (Å²) in [6.45, 7) is 12.1. The first-order valence-corrected chi connectivity index (χ1v) is 23.3. The molecule has 2 aromatic heterocycles. The molecule has 3 aliphatic carbocycles. The van der Waals surface area contributed by atoms with E-state index in [9.17, 15) is 18.0 Å². The molecule has 0 bridgehead atoms. The molecule has 66 heavy (non-hydrogen) atoms. The van der Waals surface area contributed by atoms with E-state index in [0.29, 0.717) is 74.3 Å². The van der Waals surface area contributed by atoms with Crippen molar-refractivity contribution in [1.29, 1.82) is 0 Å². The number of rotatable bonds is 7. The minimum atomic E-state index is -0.507. The molecule has 5 aromatic rings. The van der Waals surface area contributed by atoms with E-state index in [1.165, 1.54) is 18.2 Å². The Morgan fingerprint density at radius 2 is 1.20 bits per heavy atom. The van der Waals surface area contributed by atoms with E-state index in [4.69, 9.17) is 32.2 Å². The van der Waals surface area contributed by atoms with E-state index < -0.39 is 11.1 Å². The van der Waals surface area contributed by atoms with E-state index >= 15 is 0 Å². The number of thiocarbonyl (C=S) groups is 1. The van der Waals surface area contributed by atoms with Crippen molar-refractivity contribution in [3.63, 3.8) is 0 Å². The van der Waals surface area contributed by atoms with Crippen LogP contribution in [0.2, 0.25) is 0 Å². The van der Waals surface area contributed by atoms with Gasteiger partial charge in [0.05, 0.1) is 66.0 Å². The minimum Gasteiger partial charge on any atom is -0.496 e. The molecule has 3 aromatic carbocycles. The molecule has 0 spiro atoms. The van der Waals surface area contributed by atoms with Crippen molar-refractivity contribution in [2.24, 2.45) is 11.7 Å². The van der Waals surface area contributed by atoms with Crippen LogP contribution in [0.15, 0.2) is 34.8 Å². The average molecular weight is 994 g/mol. The molecule has 352 valence electrons. The van der Waals surface area contributed by atoms with Gasteiger partial charge in [-0.05, 0) is 126 Å². The zero-order valence-corrected chi connectivity index (χ0v) is 41.0. The normalized spacial score (nSPS) is 18.4. The van der Waals surface area contributed by atoms with Crippen molar-refractivity contribution in [1.82, 2.24) is 29.5 Å². The van der Waals surface area contributed by atoms with Gasteiger partial charge in [-0.2, -0.15) is 0 Å². The summed E-state index contributed by atoms with van der Waals surface area (Å²) in [5.74, 6) is 5.79. The number of halogens is 4. The largest absolute Gasteiger partial charge is 0.496 e. The summed E-state index contributed by atoms with van der Waals surface area (Å²) < 4.78 is 63.2. The lowest BCUT2D eigenvalue weighted by molar-refractivity contribution is -0.118. The van der Waals surface area contributed by atoms with Gasteiger partial charge in [0.1, 0.15) is 57.8 Å². The highest BCUT2D eigenvalue weighted by molar-refractivity contribution is 9.10.